The zero-order chi connectivity index (χ0) is 18.9. The van der Waals surface area contributed by atoms with Crippen LogP contribution in [0.4, 0.5) is 0 Å². The van der Waals surface area contributed by atoms with E-state index in [4.69, 9.17) is 21.1 Å². The van der Waals surface area contributed by atoms with Crippen molar-refractivity contribution in [1.82, 2.24) is 4.90 Å². The Bertz CT molecular complexity index is 661. The summed E-state index contributed by atoms with van der Waals surface area (Å²) in [4.78, 5) is 2.25. The van der Waals surface area contributed by atoms with Gasteiger partial charge in [0.15, 0.2) is 0 Å². The van der Waals surface area contributed by atoms with Gasteiger partial charge in [-0.3, -0.25) is 4.90 Å². The topological polar surface area (TPSA) is 41.9 Å². The summed E-state index contributed by atoms with van der Waals surface area (Å²) in [5.74, 6) is 2.06. The van der Waals surface area contributed by atoms with Crippen LogP contribution < -0.4 is 9.47 Å². The highest BCUT2D eigenvalue weighted by atomic mass is 35.5. The number of nitrogens with zero attached hydrogens (tertiary/aromatic N) is 1. The van der Waals surface area contributed by atoms with Crippen LogP contribution >= 0.6 is 11.6 Å². The van der Waals surface area contributed by atoms with E-state index >= 15 is 0 Å². The van der Waals surface area contributed by atoms with E-state index in [1.165, 1.54) is 0 Å². The highest BCUT2D eigenvalue weighted by Gasteiger charge is 2.15. The first-order chi connectivity index (χ1) is 12.5. The summed E-state index contributed by atoms with van der Waals surface area (Å²) < 4.78 is 11.0. The Labute approximate surface area is 161 Å². The van der Waals surface area contributed by atoms with E-state index < -0.39 is 6.10 Å². The van der Waals surface area contributed by atoms with Gasteiger partial charge in [0.2, 0.25) is 0 Å². The Morgan fingerprint density at radius 1 is 1.04 bits per heavy atom. The molecule has 4 nitrogen and oxygen atoms in total. The molecule has 0 aliphatic heterocycles. The van der Waals surface area contributed by atoms with Gasteiger partial charge in [-0.05, 0) is 47.9 Å². The number of aliphatic hydroxyl groups excluding tert-OH is 1. The number of ether oxygens (including phenoxy) is 2. The van der Waals surface area contributed by atoms with Gasteiger partial charge in [-0.1, -0.05) is 37.6 Å². The lowest BCUT2D eigenvalue weighted by atomic mass is 10.1. The summed E-state index contributed by atoms with van der Waals surface area (Å²) in [5.41, 5.74) is 1.16. The van der Waals surface area contributed by atoms with Crippen molar-refractivity contribution >= 4 is 11.6 Å². The summed E-state index contributed by atoms with van der Waals surface area (Å²) in [6, 6.07) is 15.2. The Morgan fingerprint density at radius 3 is 2.42 bits per heavy atom. The van der Waals surface area contributed by atoms with Crippen LogP contribution in [0.25, 0.3) is 0 Å². The zero-order valence-corrected chi connectivity index (χ0v) is 16.4. The van der Waals surface area contributed by atoms with Crippen LogP contribution in [0.2, 0.25) is 5.02 Å². The molecule has 0 aliphatic rings. The lowest BCUT2D eigenvalue weighted by molar-refractivity contribution is 0.0615. The van der Waals surface area contributed by atoms with Gasteiger partial charge in [0.1, 0.15) is 24.2 Å². The molecule has 0 aliphatic carbocycles. The van der Waals surface area contributed by atoms with Gasteiger partial charge in [0.05, 0.1) is 7.11 Å². The second kappa shape index (κ2) is 10.4. The zero-order valence-electron chi connectivity index (χ0n) is 15.7. The van der Waals surface area contributed by atoms with Crippen LogP contribution in [0, 0.1) is 5.92 Å². The van der Waals surface area contributed by atoms with Gasteiger partial charge in [0, 0.05) is 24.7 Å². The van der Waals surface area contributed by atoms with Crippen LogP contribution in [0.15, 0.2) is 48.5 Å². The molecule has 5 heteroatoms. The first-order valence-corrected chi connectivity index (χ1v) is 9.25. The van der Waals surface area contributed by atoms with Crippen LogP contribution in [-0.2, 0) is 6.54 Å². The third kappa shape index (κ3) is 7.24. The molecule has 2 rings (SSSR count). The molecule has 0 amide bonds. The van der Waals surface area contributed by atoms with Gasteiger partial charge in [-0.25, -0.2) is 0 Å². The number of hydrogen-bond donors (Lipinski definition) is 1. The fraction of sp³-hybridized carbons (Fsp3) is 0.429. The lowest BCUT2D eigenvalue weighted by Crippen LogP contribution is -2.37. The average molecular weight is 378 g/mol. The van der Waals surface area contributed by atoms with E-state index in [1.54, 1.807) is 31.4 Å². The molecular weight excluding hydrogens is 350 g/mol. The predicted molar refractivity (Wildman–Crippen MR) is 106 cm³/mol. The van der Waals surface area contributed by atoms with Crippen LogP contribution in [0.3, 0.4) is 0 Å². The number of hydrogen-bond acceptors (Lipinski definition) is 4. The van der Waals surface area contributed by atoms with Crippen molar-refractivity contribution in [2.24, 2.45) is 5.92 Å². The molecule has 0 fully saturated rings. The third-order valence-electron chi connectivity index (χ3n) is 3.89. The molecule has 0 spiro atoms. The van der Waals surface area contributed by atoms with Crippen LogP contribution in [0.1, 0.15) is 19.4 Å². The highest BCUT2D eigenvalue weighted by molar-refractivity contribution is 6.30. The number of methoxy groups -OCH3 is 1. The third-order valence-corrected chi connectivity index (χ3v) is 4.14. The Morgan fingerprint density at radius 2 is 1.77 bits per heavy atom. The monoisotopic (exact) mass is 377 g/mol. The molecule has 2 aromatic rings. The second-order valence-corrected chi connectivity index (χ2v) is 7.29. The summed E-state index contributed by atoms with van der Waals surface area (Å²) in [6.07, 6.45) is -0.574. The highest BCUT2D eigenvalue weighted by Crippen LogP contribution is 2.17. The Hall–Kier alpha value is -1.75. The van der Waals surface area contributed by atoms with Crippen molar-refractivity contribution in [2.45, 2.75) is 26.5 Å². The van der Waals surface area contributed by atoms with Crippen LogP contribution in [-0.4, -0.2) is 42.9 Å². The number of rotatable bonds is 10. The molecule has 1 N–H and O–H groups in total. The van der Waals surface area contributed by atoms with E-state index in [0.717, 1.165) is 24.4 Å². The molecule has 1 atom stereocenters. The summed E-state index contributed by atoms with van der Waals surface area (Å²) >= 11 is 5.87. The maximum Gasteiger partial charge on any atom is 0.119 e. The van der Waals surface area contributed by atoms with E-state index in [1.807, 2.05) is 18.2 Å². The molecule has 0 unspecified atom stereocenters. The first-order valence-electron chi connectivity index (χ1n) is 8.88. The molecule has 0 bridgehead atoms. The maximum atomic E-state index is 10.4. The molecule has 0 heterocycles. The number of aliphatic hydroxyl groups is 1. The van der Waals surface area contributed by atoms with E-state index in [-0.39, 0.29) is 6.61 Å². The smallest absolute Gasteiger partial charge is 0.119 e. The van der Waals surface area contributed by atoms with E-state index in [9.17, 15) is 5.11 Å². The molecular formula is C21H28ClNO3. The number of benzene rings is 2. The molecule has 0 radical (unpaired) electrons. The summed E-state index contributed by atoms with van der Waals surface area (Å²) in [7, 11) is 1.67. The lowest BCUT2D eigenvalue weighted by Gasteiger charge is -2.27. The fourth-order valence-electron chi connectivity index (χ4n) is 2.82. The quantitative estimate of drug-likeness (QED) is 0.672. The van der Waals surface area contributed by atoms with Crippen molar-refractivity contribution in [3.8, 4) is 11.5 Å². The molecule has 142 valence electrons. The molecule has 0 saturated heterocycles. The average Bonchev–Trinajstić information content (AvgIpc) is 2.61. The molecule has 26 heavy (non-hydrogen) atoms. The summed E-state index contributed by atoms with van der Waals surface area (Å²) in [6.45, 7) is 6.80. The van der Waals surface area contributed by atoms with Crippen molar-refractivity contribution in [2.75, 3.05) is 26.8 Å². The normalized spacial score (nSPS) is 12.4. The van der Waals surface area contributed by atoms with Crippen molar-refractivity contribution in [3.05, 3.63) is 59.1 Å². The molecule has 0 saturated carbocycles. The van der Waals surface area contributed by atoms with Crippen molar-refractivity contribution in [1.29, 1.82) is 0 Å². The maximum absolute atomic E-state index is 10.4. The SMILES string of the molecule is COc1cccc(CN(CC(C)C)C[C@H](O)COc2ccc(Cl)cc2)c1. The fourth-order valence-corrected chi connectivity index (χ4v) is 2.95. The minimum absolute atomic E-state index is 0.244. The first kappa shape index (κ1) is 20.6. The minimum atomic E-state index is -0.574. The molecule has 2 aromatic carbocycles. The van der Waals surface area contributed by atoms with E-state index in [0.29, 0.717) is 23.2 Å². The van der Waals surface area contributed by atoms with Gasteiger partial charge in [-0.15, -0.1) is 0 Å². The second-order valence-electron chi connectivity index (χ2n) is 6.86. The number of halogens is 1. The van der Waals surface area contributed by atoms with Gasteiger partial charge < -0.3 is 14.6 Å². The molecule has 0 aromatic heterocycles. The van der Waals surface area contributed by atoms with Crippen molar-refractivity contribution in [3.63, 3.8) is 0 Å². The van der Waals surface area contributed by atoms with Crippen molar-refractivity contribution < 1.29 is 14.6 Å². The van der Waals surface area contributed by atoms with E-state index in [2.05, 4.69) is 24.8 Å². The van der Waals surface area contributed by atoms with Gasteiger partial charge in [-0.2, -0.15) is 0 Å². The summed E-state index contributed by atoms with van der Waals surface area (Å²) in [5, 5.41) is 11.1. The standard InChI is InChI=1S/C21H28ClNO3/c1-16(2)12-23(13-17-5-4-6-21(11-17)25-3)14-19(24)15-26-20-9-7-18(22)8-10-20/h4-11,16,19,24H,12-15H2,1-3H3/t19-/m0/s1. The van der Waals surface area contributed by atoms with Gasteiger partial charge in [0.25, 0.3) is 0 Å². The van der Waals surface area contributed by atoms with Crippen LogP contribution in [0.5, 0.6) is 11.5 Å². The Balaban J connectivity index is 1.91. The largest absolute Gasteiger partial charge is 0.497 e. The Kier molecular flexibility index (Phi) is 8.23. The minimum Gasteiger partial charge on any atom is -0.497 e. The predicted octanol–water partition coefficient (Wildman–Crippen LogP) is 4.25. The van der Waals surface area contributed by atoms with Gasteiger partial charge >= 0.3 is 0 Å².